The van der Waals surface area contributed by atoms with E-state index in [1.807, 2.05) is 27.7 Å². The van der Waals surface area contributed by atoms with Gasteiger partial charge in [-0.2, -0.15) is 0 Å². The first-order valence-corrected chi connectivity index (χ1v) is 8.12. The number of hydrogen-bond acceptors (Lipinski definition) is 3. The maximum atomic E-state index is 12.5. The van der Waals surface area contributed by atoms with Crippen molar-refractivity contribution in [3.63, 3.8) is 0 Å². The maximum Gasteiger partial charge on any atom is 0.235 e. The summed E-state index contributed by atoms with van der Waals surface area (Å²) in [6.07, 6.45) is 0.772. The van der Waals surface area contributed by atoms with E-state index < -0.39 is 10.0 Å². The SMILES string of the molecule is CCCN(c1ccc(N)cc1)S(=O)(=O)CC(C)(C)C. The molecule has 2 N–H and O–H groups in total. The Balaban J connectivity index is 3.10. The molecule has 1 aromatic rings. The molecule has 1 aromatic carbocycles. The standard InChI is InChI=1S/C14H24N2O2S/c1-5-10-16(13-8-6-12(15)7-9-13)19(17,18)11-14(2,3)4/h6-9H,5,10-11,15H2,1-4H3. The van der Waals surface area contributed by atoms with Crippen LogP contribution in [-0.4, -0.2) is 20.7 Å². The van der Waals surface area contributed by atoms with Crippen molar-refractivity contribution >= 4 is 21.4 Å². The summed E-state index contributed by atoms with van der Waals surface area (Å²) in [5.74, 6) is 0.129. The van der Waals surface area contributed by atoms with Gasteiger partial charge in [-0.25, -0.2) is 8.42 Å². The second kappa shape index (κ2) is 5.82. The fraction of sp³-hybridized carbons (Fsp3) is 0.571. The molecule has 0 unspecified atom stereocenters. The van der Waals surface area contributed by atoms with Crippen molar-refractivity contribution in [3.05, 3.63) is 24.3 Å². The molecule has 19 heavy (non-hydrogen) atoms. The molecule has 0 radical (unpaired) electrons. The molecule has 0 saturated carbocycles. The fourth-order valence-corrected chi connectivity index (χ4v) is 4.05. The second-order valence-corrected chi connectivity index (χ2v) is 7.87. The highest BCUT2D eigenvalue weighted by Gasteiger charge is 2.27. The van der Waals surface area contributed by atoms with Crippen LogP contribution in [0.3, 0.4) is 0 Å². The Morgan fingerprint density at radius 3 is 2.11 bits per heavy atom. The van der Waals surface area contributed by atoms with Crippen LogP contribution >= 0.6 is 0 Å². The van der Waals surface area contributed by atoms with Crippen LogP contribution in [0.15, 0.2) is 24.3 Å². The monoisotopic (exact) mass is 284 g/mol. The van der Waals surface area contributed by atoms with Gasteiger partial charge in [0, 0.05) is 12.2 Å². The molecule has 0 amide bonds. The highest BCUT2D eigenvalue weighted by molar-refractivity contribution is 7.92. The average Bonchev–Trinajstić information content (AvgIpc) is 2.24. The molecule has 0 aliphatic heterocycles. The molecular formula is C14H24N2O2S. The second-order valence-electron chi connectivity index (χ2n) is 5.98. The van der Waals surface area contributed by atoms with Crippen LogP contribution in [0, 0.1) is 5.41 Å². The lowest BCUT2D eigenvalue weighted by atomic mass is 10.0. The highest BCUT2D eigenvalue weighted by atomic mass is 32.2. The topological polar surface area (TPSA) is 63.4 Å². The molecular weight excluding hydrogens is 260 g/mol. The van der Waals surface area contributed by atoms with Crippen LogP contribution in [0.1, 0.15) is 34.1 Å². The molecule has 0 heterocycles. The van der Waals surface area contributed by atoms with Crippen LogP contribution in [0.5, 0.6) is 0 Å². The van der Waals surface area contributed by atoms with E-state index in [0.29, 0.717) is 17.9 Å². The van der Waals surface area contributed by atoms with Crippen molar-refractivity contribution in [2.24, 2.45) is 5.41 Å². The number of rotatable bonds is 5. The third kappa shape index (κ3) is 4.74. The van der Waals surface area contributed by atoms with Gasteiger partial charge < -0.3 is 5.73 Å². The highest BCUT2D eigenvalue weighted by Crippen LogP contribution is 2.25. The van der Waals surface area contributed by atoms with Crippen molar-refractivity contribution in [3.8, 4) is 0 Å². The minimum Gasteiger partial charge on any atom is -0.399 e. The molecule has 1 rings (SSSR count). The van der Waals surface area contributed by atoms with Crippen molar-refractivity contribution in [2.75, 3.05) is 22.3 Å². The lowest BCUT2D eigenvalue weighted by Crippen LogP contribution is -2.37. The summed E-state index contributed by atoms with van der Waals surface area (Å²) in [5.41, 5.74) is 6.69. The third-order valence-corrected chi connectivity index (χ3v) is 4.85. The van der Waals surface area contributed by atoms with Gasteiger partial charge in [0.1, 0.15) is 0 Å². The maximum absolute atomic E-state index is 12.5. The minimum atomic E-state index is -3.32. The summed E-state index contributed by atoms with van der Waals surface area (Å²) in [6.45, 7) is 8.24. The lowest BCUT2D eigenvalue weighted by molar-refractivity contribution is 0.460. The smallest absolute Gasteiger partial charge is 0.235 e. The summed E-state index contributed by atoms with van der Waals surface area (Å²) in [6, 6.07) is 6.96. The van der Waals surface area contributed by atoms with E-state index in [2.05, 4.69) is 0 Å². The Hall–Kier alpha value is -1.23. The Morgan fingerprint density at radius 2 is 1.68 bits per heavy atom. The molecule has 0 aromatic heterocycles. The van der Waals surface area contributed by atoms with Gasteiger partial charge in [-0.1, -0.05) is 27.7 Å². The molecule has 0 fully saturated rings. The molecule has 0 aliphatic rings. The molecule has 0 aliphatic carbocycles. The first-order chi connectivity index (χ1) is 8.65. The van der Waals surface area contributed by atoms with Crippen LogP contribution in [0.25, 0.3) is 0 Å². The Labute approximate surface area is 116 Å². The zero-order valence-electron chi connectivity index (χ0n) is 12.2. The Morgan fingerprint density at radius 1 is 1.16 bits per heavy atom. The quantitative estimate of drug-likeness (QED) is 0.846. The van der Waals surface area contributed by atoms with Crippen LogP contribution in [0.4, 0.5) is 11.4 Å². The van der Waals surface area contributed by atoms with E-state index in [1.54, 1.807) is 24.3 Å². The van der Waals surface area contributed by atoms with Crippen molar-refractivity contribution in [1.29, 1.82) is 0 Å². The predicted molar refractivity (Wildman–Crippen MR) is 81.7 cm³/mol. The fourth-order valence-electron chi connectivity index (χ4n) is 1.90. The molecule has 108 valence electrons. The van der Waals surface area contributed by atoms with Crippen LogP contribution in [0.2, 0.25) is 0 Å². The number of nitrogen functional groups attached to an aromatic ring is 1. The van der Waals surface area contributed by atoms with E-state index in [9.17, 15) is 8.42 Å². The Kier molecular flexibility index (Phi) is 4.85. The molecule has 0 atom stereocenters. The first-order valence-electron chi connectivity index (χ1n) is 6.52. The van der Waals surface area contributed by atoms with Crippen LogP contribution < -0.4 is 10.0 Å². The normalized spacial score (nSPS) is 12.4. The van der Waals surface area contributed by atoms with Crippen molar-refractivity contribution in [1.82, 2.24) is 0 Å². The summed E-state index contributed by atoms with van der Waals surface area (Å²) in [7, 11) is -3.32. The van der Waals surface area contributed by atoms with Gasteiger partial charge in [0.05, 0.1) is 11.4 Å². The van der Waals surface area contributed by atoms with Crippen molar-refractivity contribution < 1.29 is 8.42 Å². The largest absolute Gasteiger partial charge is 0.399 e. The predicted octanol–water partition coefficient (Wildman–Crippen LogP) is 2.86. The van der Waals surface area contributed by atoms with Gasteiger partial charge >= 0.3 is 0 Å². The number of nitrogens with zero attached hydrogens (tertiary/aromatic N) is 1. The van der Waals surface area contributed by atoms with Gasteiger partial charge in [-0.3, -0.25) is 4.31 Å². The van der Waals surface area contributed by atoms with Gasteiger partial charge in [0.2, 0.25) is 10.0 Å². The summed E-state index contributed by atoms with van der Waals surface area (Å²) in [5, 5.41) is 0. The number of hydrogen-bond donors (Lipinski definition) is 1. The number of sulfonamides is 1. The van der Waals surface area contributed by atoms with E-state index >= 15 is 0 Å². The van der Waals surface area contributed by atoms with E-state index in [1.165, 1.54) is 4.31 Å². The summed E-state index contributed by atoms with van der Waals surface area (Å²) < 4.78 is 26.5. The van der Waals surface area contributed by atoms with Gasteiger partial charge in [0.15, 0.2) is 0 Å². The number of nitrogens with two attached hydrogens (primary N) is 1. The van der Waals surface area contributed by atoms with Gasteiger partial charge in [0.25, 0.3) is 0 Å². The Bertz CT molecular complexity index is 501. The average molecular weight is 284 g/mol. The van der Waals surface area contributed by atoms with E-state index in [4.69, 9.17) is 5.73 Å². The van der Waals surface area contributed by atoms with Crippen molar-refractivity contribution in [2.45, 2.75) is 34.1 Å². The minimum absolute atomic E-state index is 0.129. The van der Waals surface area contributed by atoms with E-state index in [-0.39, 0.29) is 11.2 Å². The first kappa shape index (κ1) is 15.8. The molecule has 0 bridgehead atoms. The zero-order valence-corrected chi connectivity index (χ0v) is 13.0. The summed E-state index contributed by atoms with van der Waals surface area (Å²) in [4.78, 5) is 0. The van der Waals surface area contributed by atoms with E-state index in [0.717, 1.165) is 6.42 Å². The molecule has 0 spiro atoms. The zero-order chi connectivity index (χ0) is 14.7. The van der Waals surface area contributed by atoms with Crippen LogP contribution in [-0.2, 0) is 10.0 Å². The molecule has 5 heteroatoms. The van der Waals surface area contributed by atoms with Gasteiger partial charge in [-0.05, 0) is 36.1 Å². The molecule has 4 nitrogen and oxygen atoms in total. The third-order valence-electron chi connectivity index (χ3n) is 2.56. The number of benzene rings is 1. The number of anilines is 2. The molecule has 0 saturated heterocycles. The lowest BCUT2D eigenvalue weighted by Gasteiger charge is -2.28. The summed E-state index contributed by atoms with van der Waals surface area (Å²) >= 11 is 0. The van der Waals surface area contributed by atoms with Gasteiger partial charge in [-0.15, -0.1) is 0 Å².